The van der Waals surface area contributed by atoms with E-state index < -0.39 is 0 Å². The zero-order chi connectivity index (χ0) is 17.5. The fourth-order valence-electron chi connectivity index (χ4n) is 2.52. The molecule has 2 rings (SSSR count). The van der Waals surface area contributed by atoms with Gasteiger partial charge in [-0.2, -0.15) is 0 Å². The van der Waals surface area contributed by atoms with Gasteiger partial charge in [-0.3, -0.25) is 9.59 Å². The summed E-state index contributed by atoms with van der Waals surface area (Å²) in [7, 11) is 0. The van der Waals surface area contributed by atoms with E-state index >= 15 is 0 Å². The fourth-order valence-corrected chi connectivity index (χ4v) is 2.81. The third-order valence-electron chi connectivity index (χ3n) is 4.01. The average Bonchev–Trinajstić information content (AvgIpc) is 2.60. The minimum atomic E-state index is -0.190. The molecule has 4 heteroatoms. The number of carbonyl (C=O) groups excluding carboxylic acids is 2. The molecule has 0 aliphatic rings. The second kappa shape index (κ2) is 8.65. The molecule has 1 N–H and O–H groups in total. The molecule has 0 bridgehead atoms. The van der Waals surface area contributed by atoms with E-state index in [1.807, 2.05) is 49.4 Å². The van der Waals surface area contributed by atoms with Crippen LogP contribution in [0, 0.1) is 0 Å². The first-order valence-electron chi connectivity index (χ1n) is 8.17. The van der Waals surface area contributed by atoms with Crippen molar-refractivity contribution in [2.45, 2.75) is 39.2 Å². The largest absolute Gasteiger partial charge is 0.350 e. The number of rotatable bonds is 7. The van der Waals surface area contributed by atoms with Crippen LogP contribution in [0.5, 0.6) is 0 Å². The van der Waals surface area contributed by atoms with Crippen LogP contribution in [0.1, 0.15) is 54.2 Å². The molecule has 0 radical (unpaired) electrons. The van der Waals surface area contributed by atoms with Crippen LogP contribution in [0.25, 0.3) is 0 Å². The maximum atomic E-state index is 12.2. The number of amides is 1. The number of Topliss-reactive ketones (excluding diaryl/α,β-unsaturated/α-hetero) is 1. The highest BCUT2D eigenvalue weighted by Gasteiger charge is 2.14. The molecule has 1 amide bonds. The summed E-state index contributed by atoms with van der Waals surface area (Å²) in [6.45, 7) is 3.95. The summed E-state index contributed by atoms with van der Waals surface area (Å²) >= 11 is 6.13. The summed E-state index contributed by atoms with van der Waals surface area (Å²) in [6, 6.07) is 14.8. The maximum Gasteiger partial charge on any atom is 0.220 e. The second-order valence-corrected chi connectivity index (χ2v) is 6.19. The summed E-state index contributed by atoms with van der Waals surface area (Å²) < 4.78 is 0. The van der Waals surface area contributed by atoms with Gasteiger partial charge in [0.15, 0.2) is 5.78 Å². The summed E-state index contributed by atoms with van der Waals surface area (Å²) in [5.41, 5.74) is 2.71. The molecule has 126 valence electrons. The molecule has 0 aromatic heterocycles. The van der Waals surface area contributed by atoms with E-state index in [0.717, 1.165) is 12.0 Å². The highest BCUT2D eigenvalue weighted by atomic mass is 35.5. The molecule has 0 saturated carbocycles. The highest BCUT2D eigenvalue weighted by Crippen LogP contribution is 2.22. The third-order valence-corrected chi connectivity index (χ3v) is 4.36. The first-order chi connectivity index (χ1) is 11.5. The monoisotopic (exact) mass is 343 g/mol. The van der Waals surface area contributed by atoms with E-state index in [0.29, 0.717) is 10.6 Å². The third kappa shape index (κ3) is 4.93. The Balaban J connectivity index is 1.86. The van der Waals surface area contributed by atoms with Crippen LogP contribution < -0.4 is 5.32 Å². The SMILES string of the molecule is CCc1ccc(C(=O)CCC(=O)NC(C)c2ccccc2Cl)cc1. The van der Waals surface area contributed by atoms with Gasteiger partial charge in [-0.1, -0.05) is 61.0 Å². The first kappa shape index (κ1) is 18.2. The van der Waals surface area contributed by atoms with Gasteiger partial charge in [-0.25, -0.2) is 0 Å². The summed E-state index contributed by atoms with van der Waals surface area (Å²) in [4.78, 5) is 24.2. The van der Waals surface area contributed by atoms with Crippen molar-refractivity contribution in [1.29, 1.82) is 0 Å². The van der Waals surface area contributed by atoms with Gasteiger partial charge in [0.1, 0.15) is 0 Å². The molecule has 2 aromatic carbocycles. The Hall–Kier alpha value is -2.13. The number of benzene rings is 2. The van der Waals surface area contributed by atoms with Crippen LogP contribution in [0.15, 0.2) is 48.5 Å². The van der Waals surface area contributed by atoms with Crippen molar-refractivity contribution >= 4 is 23.3 Å². The Bertz CT molecular complexity index is 710. The Kier molecular flexibility index (Phi) is 6.56. The lowest BCUT2D eigenvalue weighted by Crippen LogP contribution is -2.27. The van der Waals surface area contributed by atoms with Crippen LogP contribution in [-0.4, -0.2) is 11.7 Å². The number of aryl methyl sites for hydroxylation is 1. The Morgan fingerprint density at radius 3 is 2.33 bits per heavy atom. The minimum Gasteiger partial charge on any atom is -0.350 e. The normalized spacial score (nSPS) is 11.8. The lowest BCUT2D eigenvalue weighted by atomic mass is 10.0. The van der Waals surface area contributed by atoms with E-state index in [-0.39, 0.29) is 30.6 Å². The van der Waals surface area contributed by atoms with Crippen LogP contribution in [0.2, 0.25) is 5.02 Å². The molecule has 0 saturated heterocycles. The molecular weight excluding hydrogens is 322 g/mol. The molecule has 24 heavy (non-hydrogen) atoms. The Morgan fingerprint density at radius 1 is 1.04 bits per heavy atom. The molecule has 1 unspecified atom stereocenters. The lowest BCUT2D eigenvalue weighted by molar-refractivity contribution is -0.121. The standard InChI is InChI=1S/C20H22ClNO2/c1-3-15-8-10-16(11-9-15)19(23)12-13-20(24)22-14(2)17-6-4-5-7-18(17)21/h4-11,14H,3,12-13H2,1-2H3,(H,22,24). The molecule has 0 fully saturated rings. The predicted molar refractivity (Wildman–Crippen MR) is 97.4 cm³/mol. The molecule has 3 nitrogen and oxygen atoms in total. The van der Waals surface area contributed by atoms with Crippen LogP contribution in [0.4, 0.5) is 0 Å². The smallest absolute Gasteiger partial charge is 0.220 e. The van der Waals surface area contributed by atoms with Gasteiger partial charge in [-0.15, -0.1) is 0 Å². The van der Waals surface area contributed by atoms with Crippen molar-refractivity contribution in [3.05, 3.63) is 70.2 Å². The zero-order valence-electron chi connectivity index (χ0n) is 14.0. The number of hydrogen-bond donors (Lipinski definition) is 1. The molecule has 0 aliphatic heterocycles. The van der Waals surface area contributed by atoms with E-state index in [1.165, 1.54) is 5.56 Å². The molecule has 2 aromatic rings. The second-order valence-electron chi connectivity index (χ2n) is 5.78. The van der Waals surface area contributed by atoms with Crippen LogP contribution in [-0.2, 0) is 11.2 Å². The summed E-state index contributed by atoms with van der Waals surface area (Å²) in [6.07, 6.45) is 1.31. The van der Waals surface area contributed by atoms with Crippen molar-refractivity contribution in [2.75, 3.05) is 0 Å². The predicted octanol–water partition coefficient (Wildman–Crippen LogP) is 4.74. The summed E-state index contributed by atoms with van der Waals surface area (Å²) in [5.74, 6) is -0.167. The first-order valence-corrected chi connectivity index (χ1v) is 8.55. The van der Waals surface area contributed by atoms with Gasteiger partial charge in [0.05, 0.1) is 6.04 Å². The average molecular weight is 344 g/mol. The Morgan fingerprint density at radius 2 is 1.71 bits per heavy atom. The minimum absolute atomic E-state index is 0.0156. The van der Waals surface area contributed by atoms with Crippen LogP contribution in [0.3, 0.4) is 0 Å². The van der Waals surface area contributed by atoms with Gasteiger partial charge >= 0.3 is 0 Å². The molecule has 1 atom stereocenters. The number of halogens is 1. The van der Waals surface area contributed by atoms with Gasteiger partial charge in [0.25, 0.3) is 0 Å². The quantitative estimate of drug-likeness (QED) is 0.738. The maximum absolute atomic E-state index is 12.2. The van der Waals surface area contributed by atoms with Crippen molar-refractivity contribution in [2.24, 2.45) is 0 Å². The van der Waals surface area contributed by atoms with Gasteiger partial charge in [0, 0.05) is 23.4 Å². The number of hydrogen-bond acceptors (Lipinski definition) is 2. The van der Waals surface area contributed by atoms with E-state index in [9.17, 15) is 9.59 Å². The topological polar surface area (TPSA) is 46.2 Å². The van der Waals surface area contributed by atoms with Crippen LogP contribution >= 0.6 is 11.6 Å². The van der Waals surface area contributed by atoms with E-state index in [4.69, 9.17) is 11.6 Å². The molecule has 0 heterocycles. The summed E-state index contributed by atoms with van der Waals surface area (Å²) in [5, 5.41) is 3.51. The van der Waals surface area contributed by atoms with E-state index in [2.05, 4.69) is 12.2 Å². The fraction of sp³-hybridized carbons (Fsp3) is 0.300. The van der Waals surface area contributed by atoms with Crippen molar-refractivity contribution < 1.29 is 9.59 Å². The van der Waals surface area contributed by atoms with Gasteiger partial charge < -0.3 is 5.32 Å². The van der Waals surface area contributed by atoms with Gasteiger partial charge in [0.2, 0.25) is 5.91 Å². The van der Waals surface area contributed by atoms with Crippen molar-refractivity contribution in [3.63, 3.8) is 0 Å². The van der Waals surface area contributed by atoms with Gasteiger partial charge in [-0.05, 0) is 30.5 Å². The lowest BCUT2D eigenvalue weighted by Gasteiger charge is -2.15. The van der Waals surface area contributed by atoms with Crippen molar-refractivity contribution in [1.82, 2.24) is 5.32 Å². The zero-order valence-corrected chi connectivity index (χ0v) is 14.8. The molecule has 0 spiro atoms. The van der Waals surface area contributed by atoms with Crippen molar-refractivity contribution in [3.8, 4) is 0 Å². The number of nitrogens with one attached hydrogen (secondary N) is 1. The number of ketones is 1. The number of carbonyl (C=O) groups is 2. The molecule has 0 aliphatic carbocycles. The molecular formula is C20H22ClNO2. The highest BCUT2D eigenvalue weighted by molar-refractivity contribution is 6.31. The Labute approximate surface area is 148 Å². The van der Waals surface area contributed by atoms with E-state index in [1.54, 1.807) is 6.07 Å².